The van der Waals surface area contributed by atoms with Crippen molar-refractivity contribution in [3.8, 4) is 11.1 Å². The van der Waals surface area contributed by atoms with Crippen molar-refractivity contribution in [3.63, 3.8) is 0 Å². The maximum Gasteiger partial charge on any atom is 0.256 e. The molecule has 0 bridgehead atoms. The molecule has 7 heteroatoms. The Morgan fingerprint density at radius 2 is 1.88 bits per heavy atom. The Morgan fingerprint density at radius 3 is 2.56 bits per heavy atom. The number of aromatic nitrogens is 2. The molecule has 5 nitrogen and oxygen atoms in total. The normalized spacial score (nSPS) is 14.8. The topological polar surface area (TPSA) is 52.2 Å². The Bertz CT molecular complexity index is 852. The molecule has 1 aromatic carbocycles. The van der Waals surface area contributed by atoms with Crippen molar-refractivity contribution >= 4 is 22.4 Å². The fourth-order valence-electron chi connectivity index (χ4n) is 3.05. The first-order chi connectivity index (χ1) is 12.2. The zero-order valence-electron chi connectivity index (χ0n) is 13.5. The summed E-state index contributed by atoms with van der Waals surface area (Å²) >= 11 is 1.61. The van der Waals surface area contributed by atoms with Gasteiger partial charge in [0, 0.05) is 55.7 Å². The van der Waals surface area contributed by atoms with Crippen LogP contribution in [0.15, 0.2) is 48.2 Å². The molecule has 0 spiro atoms. The van der Waals surface area contributed by atoms with E-state index in [0.717, 1.165) is 29.3 Å². The number of halogens is 1. The van der Waals surface area contributed by atoms with Crippen molar-refractivity contribution in [2.45, 2.75) is 0 Å². The average Bonchev–Trinajstić information content (AvgIpc) is 3.34. The fraction of sp³-hybridized carbons (Fsp3) is 0.222. The van der Waals surface area contributed by atoms with Crippen LogP contribution in [-0.4, -0.2) is 47.0 Å². The molecule has 0 aliphatic carbocycles. The van der Waals surface area contributed by atoms with Crippen LogP contribution in [0.1, 0.15) is 10.4 Å². The number of carbonyl (C=O) groups excluding carboxylic acids is 1. The molecule has 0 unspecified atom stereocenters. The van der Waals surface area contributed by atoms with E-state index in [-0.39, 0.29) is 11.7 Å². The lowest BCUT2D eigenvalue weighted by Crippen LogP contribution is -2.48. The van der Waals surface area contributed by atoms with Crippen molar-refractivity contribution in [3.05, 3.63) is 59.6 Å². The minimum Gasteiger partial charge on any atom is -0.366 e. The minimum absolute atomic E-state index is 0.000589. The third-order valence-electron chi connectivity index (χ3n) is 4.39. The van der Waals surface area contributed by atoms with E-state index in [1.54, 1.807) is 42.1 Å². The molecule has 1 amide bonds. The van der Waals surface area contributed by atoms with Gasteiger partial charge in [-0.25, -0.2) is 9.37 Å². The zero-order valence-corrected chi connectivity index (χ0v) is 14.3. The smallest absolute Gasteiger partial charge is 0.256 e. The molecule has 1 N–H and O–H groups in total. The first-order valence-corrected chi connectivity index (χ1v) is 8.97. The van der Waals surface area contributed by atoms with Gasteiger partial charge in [-0.3, -0.25) is 4.79 Å². The number of hydrogen-bond acceptors (Lipinski definition) is 4. The number of nitrogens with one attached hydrogen (secondary N) is 1. The van der Waals surface area contributed by atoms with Crippen LogP contribution in [0.25, 0.3) is 11.1 Å². The van der Waals surface area contributed by atoms with Gasteiger partial charge in [-0.15, -0.1) is 11.3 Å². The third-order valence-corrected chi connectivity index (χ3v) is 5.22. The molecule has 3 aromatic rings. The molecule has 0 saturated carbocycles. The van der Waals surface area contributed by atoms with E-state index < -0.39 is 0 Å². The zero-order chi connectivity index (χ0) is 17.2. The van der Waals surface area contributed by atoms with Crippen LogP contribution < -0.4 is 4.90 Å². The molecule has 1 aliphatic heterocycles. The summed E-state index contributed by atoms with van der Waals surface area (Å²) < 4.78 is 13.1. The Balaban J connectivity index is 1.49. The largest absolute Gasteiger partial charge is 0.366 e. The number of carbonyl (C=O) groups is 1. The molecule has 25 heavy (non-hydrogen) atoms. The summed E-state index contributed by atoms with van der Waals surface area (Å²) in [7, 11) is 0. The third kappa shape index (κ3) is 3.15. The lowest BCUT2D eigenvalue weighted by molar-refractivity contribution is 0.0747. The molecule has 128 valence electrons. The predicted octanol–water partition coefficient (Wildman–Crippen LogP) is 3.24. The van der Waals surface area contributed by atoms with E-state index in [2.05, 4.69) is 14.9 Å². The van der Waals surface area contributed by atoms with Crippen molar-refractivity contribution < 1.29 is 9.18 Å². The number of thiazole rings is 1. The molecule has 1 saturated heterocycles. The highest BCUT2D eigenvalue weighted by Gasteiger charge is 2.25. The summed E-state index contributed by atoms with van der Waals surface area (Å²) in [5.74, 6) is -0.287. The Labute approximate surface area is 148 Å². The highest BCUT2D eigenvalue weighted by Crippen LogP contribution is 2.26. The van der Waals surface area contributed by atoms with Crippen molar-refractivity contribution in [1.29, 1.82) is 0 Å². The van der Waals surface area contributed by atoms with Crippen LogP contribution in [-0.2, 0) is 0 Å². The number of piperazine rings is 1. The monoisotopic (exact) mass is 356 g/mol. The molecule has 2 aromatic heterocycles. The molecule has 1 aliphatic rings. The van der Waals surface area contributed by atoms with Gasteiger partial charge < -0.3 is 14.8 Å². The predicted molar refractivity (Wildman–Crippen MR) is 96.4 cm³/mol. The minimum atomic E-state index is -0.287. The van der Waals surface area contributed by atoms with Crippen LogP contribution in [0.3, 0.4) is 0 Å². The second-order valence-electron chi connectivity index (χ2n) is 5.88. The molecular formula is C18H17FN4OS. The average molecular weight is 356 g/mol. The Hall–Kier alpha value is -2.67. The highest BCUT2D eigenvalue weighted by molar-refractivity contribution is 7.13. The van der Waals surface area contributed by atoms with Crippen molar-refractivity contribution in [2.24, 2.45) is 0 Å². The summed E-state index contributed by atoms with van der Waals surface area (Å²) in [6.45, 7) is 2.87. The van der Waals surface area contributed by atoms with Gasteiger partial charge in [0.25, 0.3) is 5.91 Å². The van der Waals surface area contributed by atoms with Crippen LogP contribution in [0, 0.1) is 5.82 Å². The van der Waals surface area contributed by atoms with E-state index in [1.807, 2.05) is 10.3 Å². The number of rotatable bonds is 3. The van der Waals surface area contributed by atoms with E-state index in [4.69, 9.17) is 0 Å². The second-order valence-corrected chi connectivity index (χ2v) is 6.76. The van der Waals surface area contributed by atoms with Crippen molar-refractivity contribution in [1.82, 2.24) is 14.9 Å². The summed E-state index contributed by atoms with van der Waals surface area (Å²) in [5, 5.41) is 2.96. The standard InChI is InChI=1S/C18H17FN4OS/c19-14-3-1-13(2-4-14)15-11-20-12-16(15)17(24)22-6-8-23(9-7-22)18-21-5-10-25-18/h1-5,10-12,20H,6-9H2. The van der Waals surface area contributed by atoms with Crippen LogP contribution >= 0.6 is 11.3 Å². The van der Waals surface area contributed by atoms with Crippen LogP contribution in [0.4, 0.5) is 9.52 Å². The van der Waals surface area contributed by atoms with Gasteiger partial charge in [0.05, 0.1) is 5.56 Å². The summed E-state index contributed by atoms with van der Waals surface area (Å²) in [6, 6.07) is 6.19. The molecule has 0 radical (unpaired) electrons. The number of anilines is 1. The van der Waals surface area contributed by atoms with E-state index in [9.17, 15) is 9.18 Å². The Kier molecular flexibility index (Phi) is 4.23. The maximum absolute atomic E-state index is 13.1. The molecule has 1 fully saturated rings. The second kappa shape index (κ2) is 6.68. The van der Waals surface area contributed by atoms with Gasteiger partial charge in [0.1, 0.15) is 5.82 Å². The highest BCUT2D eigenvalue weighted by atomic mass is 32.1. The van der Waals surface area contributed by atoms with Crippen LogP contribution in [0.2, 0.25) is 0 Å². The van der Waals surface area contributed by atoms with Crippen molar-refractivity contribution in [2.75, 3.05) is 31.1 Å². The van der Waals surface area contributed by atoms with Gasteiger partial charge >= 0.3 is 0 Å². The Morgan fingerprint density at radius 1 is 1.12 bits per heavy atom. The van der Waals surface area contributed by atoms with Gasteiger partial charge in [0.2, 0.25) is 0 Å². The number of nitrogens with zero attached hydrogens (tertiary/aromatic N) is 3. The van der Waals surface area contributed by atoms with E-state index in [1.165, 1.54) is 12.1 Å². The van der Waals surface area contributed by atoms with Gasteiger partial charge in [0.15, 0.2) is 5.13 Å². The summed E-state index contributed by atoms with van der Waals surface area (Å²) in [4.78, 5) is 24.3. The van der Waals surface area contributed by atoms with Gasteiger partial charge in [-0.05, 0) is 17.7 Å². The van der Waals surface area contributed by atoms with Gasteiger partial charge in [-0.2, -0.15) is 0 Å². The fourth-order valence-corrected chi connectivity index (χ4v) is 3.75. The molecule has 4 rings (SSSR count). The number of H-pyrrole nitrogens is 1. The first-order valence-electron chi connectivity index (χ1n) is 8.09. The van der Waals surface area contributed by atoms with E-state index in [0.29, 0.717) is 18.7 Å². The number of benzene rings is 1. The number of amides is 1. The molecule has 0 atom stereocenters. The number of aromatic amines is 1. The first kappa shape index (κ1) is 15.8. The summed E-state index contributed by atoms with van der Waals surface area (Å²) in [5.41, 5.74) is 2.24. The lowest BCUT2D eigenvalue weighted by atomic mass is 10.0. The van der Waals surface area contributed by atoms with Gasteiger partial charge in [-0.1, -0.05) is 12.1 Å². The SMILES string of the molecule is O=C(c1c[nH]cc1-c1ccc(F)cc1)N1CCN(c2nccs2)CC1. The quantitative estimate of drug-likeness (QED) is 0.784. The molecule has 3 heterocycles. The number of hydrogen-bond donors (Lipinski definition) is 1. The maximum atomic E-state index is 13.1. The molecular weight excluding hydrogens is 339 g/mol. The van der Waals surface area contributed by atoms with Crippen LogP contribution in [0.5, 0.6) is 0 Å². The lowest BCUT2D eigenvalue weighted by Gasteiger charge is -2.34. The van der Waals surface area contributed by atoms with E-state index >= 15 is 0 Å². The summed E-state index contributed by atoms with van der Waals surface area (Å²) in [6.07, 6.45) is 5.30.